The molecule has 5 rings (SSSR count). The molecule has 50 heavy (non-hydrogen) atoms. The number of hydrogen-bond donors (Lipinski definition) is 0. The number of pyridine rings is 2. The summed E-state index contributed by atoms with van der Waals surface area (Å²) in [5.74, 6) is 1.52. The molecule has 20 heteroatoms. The summed E-state index contributed by atoms with van der Waals surface area (Å²) >= 11 is 0. The van der Waals surface area contributed by atoms with E-state index in [1.54, 1.807) is 12.4 Å². The predicted octanol–water partition coefficient (Wildman–Crippen LogP) is 11.3. The van der Waals surface area contributed by atoms with Crippen LogP contribution in [0.5, 0.6) is 0 Å². The van der Waals surface area contributed by atoms with Gasteiger partial charge in [0, 0.05) is 44.5 Å². The molecule has 0 saturated carbocycles. The Labute approximate surface area is 278 Å². The van der Waals surface area contributed by atoms with Crippen molar-refractivity contribution in [1.82, 2.24) is 9.97 Å². The molecule has 2 aromatic carbocycles. The third kappa shape index (κ3) is 16.2. The Morgan fingerprint density at radius 2 is 0.660 bits per heavy atom. The Bertz CT molecular complexity index is 1740. The van der Waals surface area contributed by atoms with Crippen molar-refractivity contribution in [3.05, 3.63) is 110 Å². The second-order valence-electron chi connectivity index (χ2n) is 11.0. The van der Waals surface area contributed by atoms with Crippen molar-refractivity contribution >= 4 is 27.0 Å². The monoisotopic (exact) mass is 764 g/mol. The molecule has 0 atom stereocenters. The van der Waals surface area contributed by atoms with Gasteiger partial charge in [-0.2, -0.15) is 0 Å². The number of nitrogens with zero attached hydrogens (tertiary/aromatic N) is 6. The van der Waals surface area contributed by atoms with Gasteiger partial charge in [-0.1, -0.05) is 24.3 Å². The predicted molar refractivity (Wildman–Crippen MR) is 172 cm³/mol. The van der Waals surface area contributed by atoms with Crippen molar-refractivity contribution < 1.29 is 59.5 Å². The van der Waals surface area contributed by atoms with Crippen molar-refractivity contribution in [2.24, 2.45) is 0 Å². The Balaban J connectivity index is 0.000000408. The van der Waals surface area contributed by atoms with Gasteiger partial charge in [-0.05, 0) is 70.8 Å². The molecule has 0 amide bonds. The summed E-state index contributed by atoms with van der Waals surface area (Å²) in [5.41, 5.74) is 7.04. The van der Waals surface area contributed by atoms with E-state index < -0.39 is 15.6 Å². The van der Waals surface area contributed by atoms with E-state index in [0.29, 0.717) is 0 Å². The van der Waals surface area contributed by atoms with Crippen LogP contribution >= 0.6 is 15.6 Å². The van der Waals surface area contributed by atoms with Crippen molar-refractivity contribution in [3.8, 4) is 33.9 Å². The fourth-order valence-corrected chi connectivity index (χ4v) is 4.04. The van der Waals surface area contributed by atoms with Crippen LogP contribution in [-0.2, 0) is 0 Å². The summed E-state index contributed by atoms with van der Waals surface area (Å²) in [6, 6.07) is 25.5. The van der Waals surface area contributed by atoms with Crippen LogP contribution in [-0.4, -0.2) is 38.2 Å². The van der Waals surface area contributed by atoms with Crippen LogP contribution in [0.4, 0.5) is 61.7 Å². The molecule has 0 spiro atoms. The third-order valence-electron chi connectivity index (χ3n) is 6.23. The maximum absolute atomic E-state index is 10.7. The second kappa shape index (κ2) is 12.6. The summed E-state index contributed by atoms with van der Waals surface area (Å²) in [7, 11) is -13.1. The fraction of sp³-hybridized carbons (Fsp3) is 0.133. The summed E-state index contributed by atoms with van der Waals surface area (Å²) < 4.78 is 122. The van der Waals surface area contributed by atoms with Gasteiger partial charge >= 0.3 is 77.6 Å². The second-order valence-corrected chi connectivity index (χ2v) is 14.9. The first-order valence-electron chi connectivity index (χ1n) is 13.9. The van der Waals surface area contributed by atoms with E-state index >= 15 is 0 Å². The molecule has 0 saturated heterocycles. The molecule has 0 N–H and O–H groups in total. The Morgan fingerprint density at radius 3 is 0.900 bits per heavy atom. The fourth-order valence-electron chi connectivity index (χ4n) is 4.04. The average Bonchev–Trinajstić information content (AvgIpc) is 2.98. The number of rotatable bonds is 6. The van der Waals surface area contributed by atoms with Gasteiger partial charge in [0.2, 0.25) is 0 Å². The molecular weight excluding hydrogens is 734 g/mol. The molecule has 5 aromatic rings. The van der Waals surface area contributed by atoms with Gasteiger partial charge < -0.3 is 9.80 Å². The van der Waals surface area contributed by atoms with E-state index in [2.05, 4.69) is 87.6 Å². The molecule has 274 valence electrons. The molecule has 0 bridgehead atoms. The Morgan fingerprint density at radius 1 is 0.420 bits per heavy atom. The molecule has 6 nitrogen and oxygen atoms in total. The molecule has 0 radical (unpaired) electrons. The Hall–Kier alpha value is -4.56. The van der Waals surface area contributed by atoms with Gasteiger partial charge in [-0.25, -0.2) is 14.1 Å². The maximum atomic E-state index is 9.87. The van der Waals surface area contributed by atoms with Gasteiger partial charge in [-0.3, -0.25) is 0 Å². The van der Waals surface area contributed by atoms with Gasteiger partial charge in [0.05, 0.1) is 24.8 Å². The first-order valence-corrected chi connectivity index (χ1v) is 18.0. The number of halogens is 12. The van der Waals surface area contributed by atoms with Crippen LogP contribution in [0.2, 0.25) is 0 Å². The number of hydrogen-bond acceptors (Lipinski definition) is 4. The van der Waals surface area contributed by atoms with Gasteiger partial charge in [-0.15, -0.1) is 0 Å². The van der Waals surface area contributed by atoms with Crippen LogP contribution < -0.4 is 18.9 Å². The van der Waals surface area contributed by atoms with Crippen LogP contribution in [0.3, 0.4) is 0 Å². The SMILES string of the molecule is CN(C)c1ccc(-c2cc[n+](-c3cncc(-[n+]4ccc(-c5ccc(N(C)C)cc5)cc4)n3)cc2)cc1.F[P-](F)(F)(F)(F)F.F[P-](F)(F)(F)(F)F. The summed E-state index contributed by atoms with van der Waals surface area (Å²) in [4.78, 5) is 13.5. The molecule has 3 aromatic heterocycles. The molecule has 0 fully saturated rings. The molecular formula is C30H30F12N6P2. The first kappa shape index (κ1) is 39.9. The zero-order valence-electron chi connectivity index (χ0n) is 26.5. The first-order chi connectivity index (χ1) is 22.4. The zero-order chi connectivity index (χ0) is 37.9. The molecule has 0 aliphatic rings. The summed E-state index contributed by atoms with van der Waals surface area (Å²) in [5, 5.41) is 0. The quantitative estimate of drug-likeness (QED) is 0.0981. The minimum absolute atomic E-state index is 0.762. The standard InChI is InChI=1S/C30H30N6.2F6P/c1-33(2)27-9-5-23(6-10-27)25-13-17-35(18-14-25)29-21-31-22-30(32-29)36-19-15-26(16-20-36)24-7-11-28(12-8-24)34(3)4;2*1-7(2,3,4,5)6/h5-22H,1-4H3;;/q+2;2*-1. The number of benzene rings is 2. The van der Waals surface area contributed by atoms with Crippen LogP contribution in [0.15, 0.2) is 110 Å². The third-order valence-corrected chi connectivity index (χ3v) is 6.23. The molecule has 3 heterocycles. The van der Waals surface area contributed by atoms with Crippen LogP contribution in [0.25, 0.3) is 33.9 Å². The molecule has 0 unspecified atom stereocenters. The number of anilines is 2. The minimum atomic E-state index is -10.7. The summed E-state index contributed by atoms with van der Waals surface area (Å²) in [6.07, 6.45) is 11.6. The molecule has 0 aliphatic carbocycles. The van der Waals surface area contributed by atoms with Gasteiger partial charge in [0.25, 0.3) is 0 Å². The average molecular weight is 765 g/mol. The topological polar surface area (TPSA) is 40.0 Å². The normalized spacial score (nSPS) is 14.2. The van der Waals surface area contributed by atoms with Gasteiger partial charge in [0.1, 0.15) is 12.4 Å². The van der Waals surface area contributed by atoms with Crippen LogP contribution in [0, 0.1) is 0 Å². The summed E-state index contributed by atoms with van der Waals surface area (Å²) in [6.45, 7) is 0. The van der Waals surface area contributed by atoms with E-state index in [-0.39, 0.29) is 0 Å². The van der Waals surface area contributed by atoms with Crippen molar-refractivity contribution in [2.75, 3.05) is 38.0 Å². The zero-order valence-corrected chi connectivity index (χ0v) is 28.3. The Kier molecular flexibility index (Phi) is 10.1. The van der Waals surface area contributed by atoms with E-state index in [0.717, 1.165) is 22.8 Å². The van der Waals surface area contributed by atoms with Crippen molar-refractivity contribution in [2.45, 2.75) is 0 Å². The van der Waals surface area contributed by atoms with Crippen molar-refractivity contribution in [3.63, 3.8) is 0 Å². The van der Waals surface area contributed by atoms with E-state index in [9.17, 15) is 50.4 Å². The van der Waals surface area contributed by atoms with E-state index in [1.807, 2.05) is 62.1 Å². The van der Waals surface area contributed by atoms with E-state index in [1.165, 1.54) is 22.5 Å². The van der Waals surface area contributed by atoms with Crippen LogP contribution in [0.1, 0.15) is 0 Å². The molecule has 0 aliphatic heterocycles. The van der Waals surface area contributed by atoms with E-state index in [4.69, 9.17) is 4.98 Å². The van der Waals surface area contributed by atoms with Gasteiger partial charge in [0.15, 0.2) is 0 Å². The number of aromatic nitrogens is 4. The van der Waals surface area contributed by atoms with Crippen molar-refractivity contribution in [1.29, 1.82) is 0 Å².